The summed E-state index contributed by atoms with van der Waals surface area (Å²) in [7, 11) is 1.42. The third kappa shape index (κ3) is 3.57. The number of esters is 1. The van der Waals surface area contributed by atoms with Gasteiger partial charge in [0.2, 0.25) is 4.33 Å². The van der Waals surface area contributed by atoms with Crippen LogP contribution in [0, 0.1) is 5.41 Å². The Morgan fingerprint density at radius 2 is 1.89 bits per heavy atom. The number of alkyl halides is 2. The number of hydrogen-bond donors (Lipinski definition) is 0. The van der Waals surface area contributed by atoms with Gasteiger partial charge in [0.15, 0.2) is 18.2 Å². The lowest BCUT2D eigenvalue weighted by molar-refractivity contribution is -0.209. The number of halogens is 2. The lowest BCUT2D eigenvalue weighted by Gasteiger charge is -2.49. The summed E-state index contributed by atoms with van der Waals surface area (Å²) in [5, 5.41) is 0. The second-order valence-electron chi connectivity index (χ2n) is 8.12. The molecule has 0 bridgehead atoms. The smallest absolute Gasteiger partial charge is 0.311 e. The lowest BCUT2D eigenvalue weighted by Crippen LogP contribution is -2.69. The normalized spacial score (nSPS) is 31.6. The molecule has 1 saturated carbocycles. The van der Waals surface area contributed by atoms with Crippen molar-refractivity contribution in [3.05, 3.63) is 35.9 Å². The van der Waals surface area contributed by atoms with E-state index in [9.17, 15) is 9.59 Å². The maximum absolute atomic E-state index is 12.5. The second-order valence-corrected chi connectivity index (χ2v) is 9.45. The van der Waals surface area contributed by atoms with E-state index >= 15 is 0 Å². The van der Waals surface area contributed by atoms with Gasteiger partial charge >= 0.3 is 5.97 Å². The largest absolute Gasteiger partial charge is 0.454 e. The Balaban J connectivity index is 1.90. The fourth-order valence-corrected chi connectivity index (χ4v) is 3.90. The molecule has 1 aliphatic carbocycles. The van der Waals surface area contributed by atoms with Gasteiger partial charge < -0.3 is 18.9 Å². The molecule has 154 valence electrons. The number of ketones is 1. The zero-order valence-corrected chi connectivity index (χ0v) is 17.8. The average Bonchev–Trinajstić information content (AvgIpc) is 2.95. The van der Waals surface area contributed by atoms with Gasteiger partial charge in [-0.2, -0.15) is 0 Å². The first-order valence-electron chi connectivity index (χ1n) is 9.01. The van der Waals surface area contributed by atoms with Crippen LogP contribution in [0.3, 0.4) is 0 Å². The van der Waals surface area contributed by atoms with Crippen molar-refractivity contribution in [3.8, 4) is 0 Å². The summed E-state index contributed by atoms with van der Waals surface area (Å²) in [4.78, 5) is 24.6. The Morgan fingerprint density at radius 3 is 2.39 bits per heavy atom. The fourth-order valence-electron chi connectivity index (χ4n) is 3.32. The van der Waals surface area contributed by atoms with Gasteiger partial charge in [-0.1, -0.05) is 53.5 Å². The molecule has 1 aromatic carbocycles. The Morgan fingerprint density at radius 1 is 1.25 bits per heavy atom. The van der Waals surface area contributed by atoms with Crippen LogP contribution in [0.2, 0.25) is 0 Å². The van der Waals surface area contributed by atoms with E-state index in [4.69, 9.17) is 42.1 Å². The summed E-state index contributed by atoms with van der Waals surface area (Å²) < 4.78 is 21.3. The maximum Gasteiger partial charge on any atom is 0.311 e. The molecule has 0 amide bonds. The van der Waals surface area contributed by atoms with Crippen LogP contribution >= 0.6 is 23.2 Å². The zero-order valence-electron chi connectivity index (χ0n) is 16.2. The highest BCUT2D eigenvalue weighted by molar-refractivity contribution is 6.61. The summed E-state index contributed by atoms with van der Waals surface area (Å²) in [6.07, 6.45) is -2.82. The summed E-state index contributed by atoms with van der Waals surface area (Å²) in [5.74, 6) is -0.823. The van der Waals surface area contributed by atoms with Crippen LogP contribution in [0.5, 0.6) is 0 Å². The van der Waals surface area contributed by atoms with Gasteiger partial charge in [-0.05, 0) is 26.3 Å². The molecule has 1 spiro atoms. The van der Waals surface area contributed by atoms with E-state index in [2.05, 4.69) is 0 Å². The number of ether oxygens (including phenoxy) is 4. The minimum Gasteiger partial charge on any atom is -0.454 e. The number of Topliss-reactive ketones (excluding diaryl/α,β-unsaturated/α-hetero) is 1. The molecule has 6 nitrogen and oxygen atoms in total. The van der Waals surface area contributed by atoms with Crippen molar-refractivity contribution in [1.82, 2.24) is 0 Å². The van der Waals surface area contributed by atoms with Crippen molar-refractivity contribution in [2.75, 3.05) is 7.11 Å². The van der Waals surface area contributed by atoms with Crippen LogP contribution in [0.25, 0.3) is 0 Å². The van der Waals surface area contributed by atoms with Gasteiger partial charge in [0.05, 0.1) is 12.0 Å². The van der Waals surface area contributed by atoms with Gasteiger partial charge in [-0.3, -0.25) is 9.59 Å². The quantitative estimate of drug-likeness (QED) is 0.526. The number of hydrogen-bond acceptors (Lipinski definition) is 6. The molecule has 1 saturated heterocycles. The Bertz CT molecular complexity index is 745. The molecule has 4 atom stereocenters. The van der Waals surface area contributed by atoms with Crippen molar-refractivity contribution in [2.45, 2.75) is 62.2 Å². The molecule has 0 N–H and O–H groups in total. The molecule has 1 aliphatic heterocycles. The number of carbonyl (C=O) groups is 2. The lowest BCUT2D eigenvalue weighted by atomic mass is 9.73. The SMILES string of the molecule is COC1O[C@@]2(CC(=O)C2(Cl)Cl)[C@H](OCc2ccccc2)C1OC(=O)C(C)(C)C. The van der Waals surface area contributed by atoms with E-state index in [1.165, 1.54) is 7.11 Å². The van der Waals surface area contributed by atoms with E-state index in [1.54, 1.807) is 20.8 Å². The van der Waals surface area contributed by atoms with Gasteiger partial charge in [0.1, 0.15) is 11.7 Å². The van der Waals surface area contributed by atoms with Gasteiger partial charge in [0, 0.05) is 13.5 Å². The van der Waals surface area contributed by atoms with Crippen molar-refractivity contribution in [1.29, 1.82) is 0 Å². The molecular formula is C20H24Cl2O6. The van der Waals surface area contributed by atoms with E-state index in [1.807, 2.05) is 30.3 Å². The van der Waals surface area contributed by atoms with Crippen LogP contribution in [0.15, 0.2) is 30.3 Å². The Hall–Kier alpha value is -1.18. The van der Waals surface area contributed by atoms with E-state index in [0.717, 1.165) is 5.56 Å². The van der Waals surface area contributed by atoms with Crippen LogP contribution in [-0.2, 0) is 35.1 Å². The molecular weight excluding hydrogens is 407 g/mol. The number of rotatable bonds is 5. The fraction of sp³-hybridized carbons (Fsp3) is 0.600. The van der Waals surface area contributed by atoms with Crippen LogP contribution in [0.4, 0.5) is 0 Å². The zero-order chi connectivity index (χ0) is 20.7. The topological polar surface area (TPSA) is 71.1 Å². The summed E-state index contributed by atoms with van der Waals surface area (Å²) in [6.45, 7) is 5.42. The van der Waals surface area contributed by atoms with E-state index < -0.39 is 39.8 Å². The third-order valence-electron chi connectivity index (χ3n) is 5.02. The standard InChI is InChI=1S/C20H24Cl2O6/c1-18(2,3)17(24)27-14-15(26-11-12-8-6-5-7-9-12)19(28-16(14)25-4)10-13(23)20(19,21)22/h5-9,14-16H,10-11H2,1-4H3/t14?,15-,16?,19+/m1/s1. The van der Waals surface area contributed by atoms with Gasteiger partial charge in [0.25, 0.3) is 0 Å². The first kappa shape index (κ1) is 21.5. The number of carbonyl (C=O) groups excluding carboxylic acids is 2. The van der Waals surface area contributed by atoms with Crippen LogP contribution in [0.1, 0.15) is 32.8 Å². The minimum atomic E-state index is -1.81. The Labute approximate surface area is 174 Å². The highest BCUT2D eigenvalue weighted by Gasteiger charge is 2.76. The average molecular weight is 431 g/mol. The molecule has 3 rings (SSSR count). The van der Waals surface area contributed by atoms with Crippen molar-refractivity contribution < 1.29 is 28.5 Å². The maximum atomic E-state index is 12.5. The molecule has 1 heterocycles. The highest BCUT2D eigenvalue weighted by Crippen LogP contribution is 2.58. The second kappa shape index (κ2) is 7.58. The molecule has 1 aromatic rings. The van der Waals surface area contributed by atoms with Crippen molar-refractivity contribution >= 4 is 35.0 Å². The van der Waals surface area contributed by atoms with E-state index in [0.29, 0.717) is 0 Å². The Kier molecular flexibility index (Phi) is 5.82. The van der Waals surface area contributed by atoms with Gasteiger partial charge in [-0.15, -0.1) is 0 Å². The molecule has 2 fully saturated rings. The molecule has 28 heavy (non-hydrogen) atoms. The monoisotopic (exact) mass is 430 g/mol. The molecule has 0 radical (unpaired) electrons. The highest BCUT2D eigenvalue weighted by atomic mass is 35.5. The molecule has 2 unspecified atom stereocenters. The number of methoxy groups -OCH3 is 1. The third-order valence-corrected chi connectivity index (χ3v) is 6.08. The summed E-state index contributed by atoms with van der Waals surface area (Å²) >= 11 is 12.6. The first-order valence-corrected chi connectivity index (χ1v) is 9.77. The summed E-state index contributed by atoms with van der Waals surface area (Å²) in [5.41, 5.74) is -1.20. The van der Waals surface area contributed by atoms with Crippen molar-refractivity contribution in [2.24, 2.45) is 5.41 Å². The molecule has 8 heteroatoms. The van der Waals surface area contributed by atoms with E-state index in [-0.39, 0.29) is 18.8 Å². The predicted molar refractivity (Wildman–Crippen MR) is 103 cm³/mol. The van der Waals surface area contributed by atoms with Crippen molar-refractivity contribution in [3.63, 3.8) is 0 Å². The number of benzene rings is 1. The predicted octanol–water partition coefficient (Wildman–Crippen LogP) is 3.42. The first-order chi connectivity index (χ1) is 13.0. The van der Waals surface area contributed by atoms with Crippen LogP contribution in [-0.4, -0.2) is 47.3 Å². The molecule has 2 aliphatic rings. The summed E-state index contributed by atoms with van der Waals surface area (Å²) in [6, 6.07) is 9.45. The van der Waals surface area contributed by atoms with Gasteiger partial charge in [-0.25, -0.2) is 0 Å². The minimum absolute atomic E-state index is 0.0527. The van der Waals surface area contributed by atoms with Crippen LogP contribution < -0.4 is 0 Å². The molecule has 0 aromatic heterocycles.